The van der Waals surface area contributed by atoms with Crippen molar-refractivity contribution in [1.29, 1.82) is 0 Å². The molecule has 1 aliphatic heterocycles. The smallest absolute Gasteiger partial charge is 0.388 e. The Labute approximate surface area is 276 Å². The molecule has 1 aromatic heterocycles. The number of aromatic amines is 1. The predicted octanol–water partition coefficient (Wildman–Crippen LogP) is 2.33. The number of carbonyl (C=O) groups is 2. The minimum Gasteiger partial charge on any atom is -0.388 e. The quantitative estimate of drug-likeness (QED) is 0.106. The van der Waals surface area contributed by atoms with Crippen LogP contribution in [0.2, 0.25) is 0 Å². The maximum absolute atomic E-state index is 13.8. The first kappa shape index (κ1) is 38.3. The summed E-state index contributed by atoms with van der Waals surface area (Å²) in [5, 5.41) is 13.3. The molecule has 14 nitrogen and oxygen atoms in total. The highest BCUT2D eigenvalue weighted by Gasteiger charge is 2.54. The summed E-state index contributed by atoms with van der Waals surface area (Å²) in [6, 6.07) is 9.48. The molecule has 1 aliphatic rings. The monoisotopic (exact) mass is 704 g/mol. The van der Waals surface area contributed by atoms with E-state index in [2.05, 4.69) is 10.1 Å². The number of carbonyl (C=O) groups excluding carboxylic acids is 2. The molecule has 1 saturated heterocycles. The number of nitrogens with zero attached hydrogens (tertiary/aromatic N) is 1. The molecular formula is C29H42ClN4O10PS. The third-order valence-corrected chi connectivity index (χ3v) is 10.4. The number of aliphatic hydroxyl groups excluding tert-OH is 1. The molecule has 6 atom stereocenters. The normalized spacial score (nSPS) is 23.7. The van der Waals surface area contributed by atoms with Gasteiger partial charge in [0.25, 0.3) is 5.56 Å². The van der Waals surface area contributed by atoms with Crippen LogP contribution in [0.25, 0.3) is 0 Å². The van der Waals surface area contributed by atoms with Gasteiger partial charge in [0, 0.05) is 24.6 Å². The Morgan fingerprint density at radius 2 is 1.91 bits per heavy atom. The molecule has 0 spiro atoms. The van der Waals surface area contributed by atoms with Crippen LogP contribution in [0.5, 0.6) is 0 Å². The molecule has 46 heavy (non-hydrogen) atoms. The first-order chi connectivity index (χ1) is 21.5. The van der Waals surface area contributed by atoms with Crippen molar-refractivity contribution >= 4 is 42.0 Å². The van der Waals surface area contributed by atoms with Crippen LogP contribution in [0.3, 0.4) is 0 Å². The molecule has 0 amide bonds. The molecule has 5 N–H and O–H groups in total. The van der Waals surface area contributed by atoms with Gasteiger partial charge in [0.05, 0.1) is 19.3 Å². The number of hydrogen-bond donors (Lipinski definition) is 4. The molecule has 1 fully saturated rings. The van der Waals surface area contributed by atoms with Crippen LogP contribution in [0.15, 0.2) is 52.2 Å². The third kappa shape index (κ3) is 10.2. The summed E-state index contributed by atoms with van der Waals surface area (Å²) in [6.07, 6.45) is -2.51. The fourth-order valence-electron chi connectivity index (χ4n) is 4.29. The minimum absolute atomic E-state index is 0.0699. The Morgan fingerprint density at radius 3 is 2.54 bits per heavy atom. The first-order valence-corrected chi connectivity index (χ1v) is 17.5. The van der Waals surface area contributed by atoms with Crippen LogP contribution in [-0.4, -0.2) is 79.9 Å². The van der Waals surface area contributed by atoms with Crippen LogP contribution >= 0.6 is 31.1 Å². The number of H-pyrrole nitrogens is 1. The number of alkyl halides is 1. The van der Waals surface area contributed by atoms with Crippen molar-refractivity contribution in [3.05, 3.63) is 69.0 Å². The lowest BCUT2D eigenvalue weighted by Crippen LogP contribution is -2.43. The van der Waals surface area contributed by atoms with Gasteiger partial charge >= 0.3 is 13.4 Å². The Balaban J connectivity index is 1.63. The second-order valence-electron chi connectivity index (χ2n) is 11.8. The van der Waals surface area contributed by atoms with Gasteiger partial charge in [-0.2, -0.15) is 0 Å². The van der Waals surface area contributed by atoms with Gasteiger partial charge in [-0.1, -0.05) is 55.9 Å². The van der Waals surface area contributed by atoms with Crippen molar-refractivity contribution in [2.24, 2.45) is 11.7 Å². The van der Waals surface area contributed by atoms with Crippen LogP contribution < -0.4 is 22.1 Å². The third-order valence-electron chi connectivity index (χ3n) is 7.28. The molecule has 0 bridgehead atoms. The first-order valence-electron chi connectivity index (χ1n) is 14.6. The number of nitrogens with one attached hydrogen (secondary N) is 2. The SMILES string of the molecule is CC(C)[C@H](N)C(=O)COC(C)(C)C(=O)SCCO[P@@](=O)(NCc1ccccc1)OC[C@H]1O[C@@H](n2ccc(=O)[nH]c2=O)[C@](C)(Cl)[C@@H]1O. The number of thioether (sulfide) groups is 1. The second-order valence-corrected chi connectivity index (χ2v) is 15.5. The van der Waals surface area contributed by atoms with E-state index in [9.17, 15) is 28.8 Å². The van der Waals surface area contributed by atoms with E-state index in [1.807, 2.05) is 44.2 Å². The lowest BCUT2D eigenvalue weighted by atomic mass is 10.0. The van der Waals surface area contributed by atoms with Crippen molar-refractivity contribution < 1.29 is 37.8 Å². The number of rotatable bonds is 17. The van der Waals surface area contributed by atoms with Crippen LogP contribution in [0.4, 0.5) is 0 Å². The van der Waals surface area contributed by atoms with Crippen molar-refractivity contribution in [3.63, 3.8) is 0 Å². The summed E-state index contributed by atoms with van der Waals surface area (Å²) in [4.78, 5) is 49.5. The molecule has 0 saturated carbocycles. The van der Waals surface area contributed by atoms with Gasteiger partial charge in [0.2, 0.25) is 5.12 Å². The van der Waals surface area contributed by atoms with Crippen molar-refractivity contribution in [1.82, 2.24) is 14.6 Å². The Morgan fingerprint density at radius 1 is 1.24 bits per heavy atom. The molecule has 0 aliphatic carbocycles. The molecule has 1 aromatic carbocycles. The van der Waals surface area contributed by atoms with Gasteiger partial charge in [-0.15, -0.1) is 11.6 Å². The number of aromatic nitrogens is 2. The van der Waals surface area contributed by atoms with E-state index in [1.165, 1.54) is 13.1 Å². The number of aliphatic hydroxyl groups is 1. The largest absolute Gasteiger partial charge is 0.405 e. The lowest BCUT2D eigenvalue weighted by molar-refractivity contribution is -0.139. The topological polar surface area (TPSA) is 201 Å². The van der Waals surface area contributed by atoms with Crippen LogP contribution in [0.1, 0.15) is 46.4 Å². The maximum Gasteiger partial charge on any atom is 0.405 e. The highest BCUT2D eigenvalue weighted by atomic mass is 35.5. The maximum atomic E-state index is 13.8. The van der Waals surface area contributed by atoms with Crippen molar-refractivity contribution in [3.8, 4) is 0 Å². The zero-order valence-corrected chi connectivity index (χ0v) is 28.8. The summed E-state index contributed by atoms with van der Waals surface area (Å²) in [7, 11) is -4.07. The van der Waals surface area contributed by atoms with E-state index >= 15 is 0 Å². The molecule has 2 aromatic rings. The highest BCUT2D eigenvalue weighted by molar-refractivity contribution is 8.13. The molecule has 0 unspecified atom stereocenters. The summed E-state index contributed by atoms with van der Waals surface area (Å²) < 4.78 is 37.6. The molecule has 3 rings (SSSR count). The van der Waals surface area contributed by atoms with E-state index < -0.39 is 60.6 Å². The molecule has 17 heteroatoms. The van der Waals surface area contributed by atoms with E-state index in [0.717, 1.165) is 28.0 Å². The Bertz CT molecular complexity index is 1500. The highest BCUT2D eigenvalue weighted by Crippen LogP contribution is 2.47. The zero-order valence-electron chi connectivity index (χ0n) is 26.3. The lowest BCUT2D eigenvalue weighted by Gasteiger charge is -2.26. The van der Waals surface area contributed by atoms with E-state index in [0.29, 0.717) is 0 Å². The number of ketones is 1. The number of nitrogens with two attached hydrogens (primary N) is 1. The predicted molar refractivity (Wildman–Crippen MR) is 174 cm³/mol. The Kier molecular flexibility index (Phi) is 13.6. The van der Waals surface area contributed by atoms with Crippen molar-refractivity contribution in [2.75, 3.05) is 25.6 Å². The summed E-state index contributed by atoms with van der Waals surface area (Å²) in [5.41, 5.74) is 3.95. The fourth-order valence-corrected chi connectivity index (χ4v) is 6.78. The van der Waals surface area contributed by atoms with Gasteiger partial charge in [0.1, 0.15) is 29.3 Å². The summed E-state index contributed by atoms with van der Waals surface area (Å²) in [6.45, 7) is 7.34. The second kappa shape index (κ2) is 16.3. The number of hydrogen-bond acceptors (Lipinski definition) is 12. The summed E-state index contributed by atoms with van der Waals surface area (Å²) >= 11 is 7.46. The van der Waals surface area contributed by atoms with Gasteiger partial charge in [-0.05, 0) is 32.3 Å². The Hall–Kier alpha value is -2.17. The van der Waals surface area contributed by atoms with Gasteiger partial charge < -0.3 is 20.3 Å². The van der Waals surface area contributed by atoms with E-state index in [-0.39, 0.29) is 42.3 Å². The van der Waals surface area contributed by atoms with Gasteiger partial charge in [0.15, 0.2) is 12.0 Å². The minimum atomic E-state index is -4.07. The van der Waals surface area contributed by atoms with Crippen LogP contribution in [-0.2, 0) is 39.2 Å². The fraction of sp³-hybridized carbons (Fsp3) is 0.586. The molecule has 0 radical (unpaired) electrons. The molecule has 2 heterocycles. The van der Waals surface area contributed by atoms with E-state index in [1.54, 1.807) is 13.8 Å². The van der Waals surface area contributed by atoms with Crippen LogP contribution in [0, 0.1) is 5.92 Å². The number of benzene rings is 1. The standard InChI is InChI=1S/C29H42ClN4O10PS/c1-18(2)23(31)20(35)16-41-28(3,4)26(38)46-14-13-42-45(40,32-15-19-9-7-6-8-10-19)43-17-21-24(37)29(5,30)25(44-21)34-12-11-22(36)33-27(34)39/h6-12,18,21,23-25,37H,13-17,31H2,1-5H3,(H,32,40)(H,33,36,39)/t21-,23+,24-,25-,29-,45+/m1/s1. The molecule has 256 valence electrons. The zero-order chi connectivity index (χ0) is 34.3. The van der Waals surface area contributed by atoms with E-state index in [4.69, 9.17) is 35.9 Å². The van der Waals surface area contributed by atoms with Gasteiger partial charge in [-0.25, -0.2) is 14.4 Å². The number of halogens is 1. The molecular weight excluding hydrogens is 663 g/mol. The number of ether oxygens (including phenoxy) is 2. The number of Topliss-reactive ketones (excluding diaryl/α,β-unsaturated/α-hetero) is 1. The van der Waals surface area contributed by atoms with Crippen molar-refractivity contribution in [2.45, 2.75) is 76.1 Å². The average Bonchev–Trinajstić information content (AvgIpc) is 3.23. The summed E-state index contributed by atoms with van der Waals surface area (Å²) in [5.74, 6) is -0.306. The van der Waals surface area contributed by atoms with Gasteiger partial charge in [-0.3, -0.25) is 33.0 Å². The average molecular weight is 705 g/mol.